The van der Waals surface area contributed by atoms with E-state index in [1.54, 1.807) is 18.3 Å². The van der Waals surface area contributed by atoms with E-state index in [4.69, 9.17) is 22.7 Å². The van der Waals surface area contributed by atoms with Crippen LogP contribution in [0.1, 0.15) is 11.1 Å². The lowest BCUT2D eigenvalue weighted by Crippen LogP contribution is -2.11. The lowest BCUT2D eigenvalue weighted by Gasteiger charge is -2.10. The molecule has 0 radical (unpaired) electrons. The first kappa shape index (κ1) is 13.0. The van der Waals surface area contributed by atoms with E-state index in [9.17, 15) is 0 Å². The average Bonchev–Trinajstić information content (AvgIpc) is 2.33. The molecule has 0 spiro atoms. The Labute approximate surface area is 119 Å². The van der Waals surface area contributed by atoms with E-state index in [-0.39, 0.29) is 4.99 Å². The summed E-state index contributed by atoms with van der Waals surface area (Å²) in [4.78, 5) is 4.41. The van der Waals surface area contributed by atoms with Gasteiger partial charge in [0.1, 0.15) is 10.7 Å². The van der Waals surface area contributed by atoms with E-state index in [0.29, 0.717) is 17.2 Å². The fourth-order valence-corrected chi connectivity index (χ4v) is 2.18. The van der Waals surface area contributed by atoms with Crippen molar-refractivity contribution in [3.8, 4) is 11.6 Å². The Bertz CT molecular complexity index is 601. The summed E-state index contributed by atoms with van der Waals surface area (Å²) in [6.45, 7) is 2.01. The highest BCUT2D eigenvalue weighted by Crippen LogP contribution is 2.30. The van der Waals surface area contributed by atoms with Crippen LogP contribution in [0.3, 0.4) is 0 Å². The van der Waals surface area contributed by atoms with Crippen molar-refractivity contribution in [2.24, 2.45) is 5.73 Å². The molecule has 0 aliphatic rings. The molecular formula is C13H11BrN2OS. The molecule has 0 aliphatic carbocycles. The van der Waals surface area contributed by atoms with Crippen LogP contribution in [0, 0.1) is 6.92 Å². The largest absolute Gasteiger partial charge is 0.437 e. The molecule has 0 saturated carbocycles. The van der Waals surface area contributed by atoms with Gasteiger partial charge in [0, 0.05) is 6.20 Å². The van der Waals surface area contributed by atoms with Crippen LogP contribution in [0.4, 0.5) is 0 Å². The maximum absolute atomic E-state index is 5.73. The van der Waals surface area contributed by atoms with Crippen LogP contribution < -0.4 is 10.5 Å². The molecule has 0 fully saturated rings. The van der Waals surface area contributed by atoms with Crippen LogP contribution in [-0.2, 0) is 0 Å². The van der Waals surface area contributed by atoms with Gasteiger partial charge in [-0.05, 0) is 52.7 Å². The number of rotatable bonds is 3. The first-order valence-corrected chi connectivity index (χ1v) is 6.47. The van der Waals surface area contributed by atoms with Gasteiger partial charge in [0.15, 0.2) is 0 Å². The number of nitrogens with zero attached hydrogens (tertiary/aromatic N) is 1. The Kier molecular flexibility index (Phi) is 3.93. The molecule has 0 saturated heterocycles. The van der Waals surface area contributed by atoms with Gasteiger partial charge in [-0.2, -0.15) is 0 Å². The number of benzene rings is 1. The van der Waals surface area contributed by atoms with Gasteiger partial charge in [-0.25, -0.2) is 4.98 Å². The number of hydrogen-bond acceptors (Lipinski definition) is 3. The zero-order valence-corrected chi connectivity index (χ0v) is 12.1. The van der Waals surface area contributed by atoms with Gasteiger partial charge in [-0.3, -0.25) is 0 Å². The summed E-state index contributed by atoms with van der Waals surface area (Å²) in [6.07, 6.45) is 1.64. The summed E-state index contributed by atoms with van der Waals surface area (Å²) < 4.78 is 6.59. The number of halogens is 1. The molecule has 1 heterocycles. The first-order chi connectivity index (χ1) is 8.58. The Morgan fingerprint density at radius 2 is 2.17 bits per heavy atom. The smallest absolute Gasteiger partial charge is 0.229 e. The van der Waals surface area contributed by atoms with Crippen molar-refractivity contribution in [3.05, 3.63) is 52.1 Å². The van der Waals surface area contributed by atoms with E-state index < -0.39 is 0 Å². The molecular weight excluding hydrogens is 312 g/mol. The number of hydrogen-bond donors (Lipinski definition) is 1. The molecule has 3 nitrogen and oxygen atoms in total. The summed E-state index contributed by atoms with van der Waals surface area (Å²) in [5, 5.41) is 0. The molecule has 2 rings (SSSR count). The Hall–Kier alpha value is -1.46. The number of thiocarbonyl (C=S) groups is 1. The number of aryl methyl sites for hydroxylation is 1. The summed E-state index contributed by atoms with van der Waals surface area (Å²) in [5.41, 5.74) is 7.40. The third-order valence-electron chi connectivity index (χ3n) is 2.33. The molecule has 0 amide bonds. The minimum Gasteiger partial charge on any atom is -0.437 e. The minimum atomic E-state index is 0.265. The molecule has 5 heteroatoms. The van der Waals surface area contributed by atoms with E-state index in [1.165, 1.54) is 0 Å². The molecule has 92 valence electrons. The number of ether oxygens (including phenoxy) is 1. The van der Waals surface area contributed by atoms with Crippen LogP contribution in [-0.4, -0.2) is 9.97 Å². The lowest BCUT2D eigenvalue weighted by atomic mass is 10.2. The van der Waals surface area contributed by atoms with E-state index in [2.05, 4.69) is 20.9 Å². The van der Waals surface area contributed by atoms with Gasteiger partial charge in [-0.1, -0.05) is 18.3 Å². The highest BCUT2D eigenvalue weighted by molar-refractivity contribution is 9.10. The van der Waals surface area contributed by atoms with Crippen molar-refractivity contribution < 1.29 is 4.74 Å². The molecule has 18 heavy (non-hydrogen) atoms. The normalized spacial score (nSPS) is 10.1. The molecule has 0 aliphatic heterocycles. The highest BCUT2D eigenvalue weighted by Gasteiger charge is 2.10. The van der Waals surface area contributed by atoms with Gasteiger partial charge < -0.3 is 10.5 Å². The summed E-state index contributed by atoms with van der Waals surface area (Å²) >= 11 is 8.41. The Balaban J connectivity index is 2.37. The number of aromatic nitrogens is 1. The fourth-order valence-electron chi connectivity index (χ4n) is 1.45. The summed E-state index contributed by atoms with van der Waals surface area (Å²) in [7, 11) is 0. The molecule has 0 bridgehead atoms. The van der Waals surface area contributed by atoms with Crippen molar-refractivity contribution in [3.63, 3.8) is 0 Å². The standard InChI is InChI=1S/C13H11BrN2OS/c1-8-4-5-11(10(14)7-8)17-13-9(12(15)18)3-2-6-16-13/h2-7H,1H3,(H2,15,18). The van der Waals surface area contributed by atoms with Crippen LogP contribution >= 0.6 is 28.1 Å². The third kappa shape index (κ3) is 2.86. The average molecular weight is 323 g/mol. The highest BCUT2D eigenvalue weighted by atomic mass is 79.9. The predicted octanol–water partition coefficient (Wildman–Crippen LogP) is 3.58. The molecule has 2 aromatic rings. The van der Waals surface area contributed by atoms with E-state index in [0.717, 1.165) is 10.0 Å². The summed E-state index contributed by atoms with van der Waals surface area (Å²) in [6, 6.07) is 9.36. The van der Waals surface area contributed by atoms with E-state index in [1.807, 2.05) is 25.1 Å². The molecule has 0 atom stereocenters. The molecule has 2 N–H and O–H groups in total. The lowest BCUT2D eigenvalue weighted by molar-refractivity contribution is 0.459. The Morgan fingerprint density at radius 3 is 2.83 bits per heavy atom. The monoisotopic (exact) mass is 322 g/mol. The minimum absolute atomic E-state index is 0.265. The van der Waals surface area contributed by atoms with Gasteiger partial charge in [0.25, 0.3) is 0 Å². The van der Waals surface area contributed by atoms with Crippen molar-refractivity contribution in [2.75, 3.05) is 0 Å². The summed E-state index contributed by atoms with van der Waals surface area (Å²) in [5.74, 6) is 1.09. The Morgan fingerprint density at radius 1 is 1.39 bits per heavy atom. The van der Waals surface area contributed by atoms with Crippen molar-refractivity contribution >= 4 is 33.1 Å². The maximum Gasteiger partial charge on any atom is 0.229 e. The topological polar surface area (TPSA) is 48.1 Å². The van der Waals surface area contributed by atoms with E-state index >= 15 is 0 Å². The van der Waals surface area contributed by atoms with Gasteiger partial charge in [0.2, 0.25) is 5.88 Å². The second kappa shape index (κ2) is 5.46. The van der Waals surface area contributed by atoms with Gasteiger partial charge in [0.05, 0.1) is 10.0 Å². The van der Waals surface area contributed by atoms with Crippen molar-refractivity contribution in [2.45, 2.75) is 6.92 Å². The quantitative estimate of drug-likeness (QED) is 0.877. The van der Waals surface area contributed by atoms with Crippen molar-refractivity contribution in [1.82, 2.24) is 4.98 Å². The predicted molar refractivity (Wildman–Crippen MR) is 79.1 cm³/mol. The molecule has 0 unspecified atom stereocenters. The molecule has 1 aromatic carbocycles. The van der Waals surface area contributed by atoms with Gasteiger partial charge in [-0.15, -0.1) is 0 Å². The first-order valence-electron chi connectivity index (χ1n) is 5.27. The number of pyridine rings is 1. The van der Waals surface area contributed by atoms with Crippen LogP contribution in [0.25, 0.3) is 0 Å². The number of nitrogens with two attached hydrogens (primary N) is 1. The maximum atomic E-state index is 5.73. The second-order valence-electron chi connectivity index (χ2n) is 3.76. The van der Waals surface area contributed by atoms with Crippen LogP contribution in [0.2, 0.25) is 0 Å². The third-order valence-corrected chi connectivity index (χ3v) is 3.17. The SMILES string of the molecule is Cc1ccc(Oc2ncccc2C(N)=S)c(Br)c1. The zero-order chi connectivity index (χ0) is 13.1. The van der Waals surface area contributed by atoms with Crippen LogP contribution in [0.5, 0.6) is 11.6 Å². The zero-order valence-electron chi connectivity index (χ0n) is 9.68. The second-order valence-corrected chi connectivity index (χ2v) is 5.05. The molecule has 1 aromatic heterocycles. The fraction of sp³-hybridized carbons (Fsp3) is 0.0769. The van der Waals surface area contributed by atoms with Gasteiger partial charge >= 0.3 is 0 Å². The van der Waals surface area contributed by atoms with Crippen LogP contribution in [0.15, 0.2) is 41.0 Å². The van der Waals surface area contributed by atoms with Crippen molar-refractivity contribution in [1.29, 1.82) is 0 Å².